The van der Waals surface area contributed by atoms with Crippen LogP contribution in [0.4, 0.5) is 0 Å². The minimum atomic E-state index is 0.333. The van der Waals surface area contributed by atoms with Crippen molar-refractivity contribution in [3.8, 4) is 0 Å². The molecule has 0 heterocycles. The minimum absolute atomic E-state index is 0.333. The summed E-state index contributed by atoms with van der Waals surface area (Å²) in [5.74, 6) is 0. The number of carbonyl (C=O) groups is 1. The molecule has 0 saturated heterocycles. The molecule has 0 spiro atoms. The maximum absolute atomic E-state index is 9.52. The topological polar surface area (TPSA) is 17.1 Å². The van der Waals surface area contributed by atoms with E-state index >= 15 is 0 Å². The van der Waals surface area contributed by atoms with Gasteiger partial charge in [-0.05, 0) is 0 Å². The van der Waals surface area contributed by atoms with Crippen LogP contribution in [0.5, 0.6) is 0 Å². The van der Waals surface area contributed by atoms with Crippen molar-refractivity contribution in [1.29, 1.82) is 0 Å². The third kappa shape index (κ3) is 18.7. The van der Waals surface area contributed by atoms with E-state index in [9.17, 15) is 4.79 Å². The van der Waals surface area contributed by atoms with Gasteiger partial charge in [-0.2, -0.15) is 0 Å². The number of carbonyl (C=O) groups excluding carboxylic acids is 1. The Morgan fingerprint density at radius 3 is 2.00 bits per heavy atom. The summed E-state index contributed by atoms with van der Waals surface area (Å²) in [5, 5.41) is 0. The molecule has 0 atom stereocenters. The summed E-state index contributed by atoms with van der Waals surface area (Å²) < 4.78 is 0.333. The van der Waals surface area contributed by atoms with Crippen molar-refractivity contribution in [2.75, 3.05) is 0 Å². The average Bonchev–Trinajstić information content (AvgIpc) is 0.811. The Labute approximate surface area is 41.1 Å². The second-order valence-corrected chi connectivity index (χ2v) is 3.77. The molecule has 0 fully saturated rings. The second-order valence-electron chi connectivity index (χ2n) is 0.611. The van der Waals surface area contributed by atoms with Crippen LogP contribution in [0.15, 0.2) is 0 Å². The molecule has 0 amide bonds. The van der Waals surface area contributed by atoms with Crippen LogP contribution in [0.25, 0.3) is 0 Å². The zero-order chi connectivity index (χ0) is 3.58. The SMILES string of the molecule is C[C](=O)[Tl]. The van der Waals surface area contributed by atoms with E-state index in [0.29, 0.717) is 29.1 Å². The van der Waals surface area contributed by atoms with E-state index in [1.807, 2.05) is 0 Å². The first-order valence-corrected chi connectivity index (χ1v) is 3.24. The van der Waals surface area contributed by atoms with Crippen LogP contribution in [0.2, 0.25) is 0 Å². The summed E-state index contributed by atoms with van der Waals surface area (Å²) in [6, 6.07) is 0. The van der Waals surface area contributed by atoms with Gasteiger partial charge in [0.25, 0.3) is 0 Å². The molecule has 0 aromatic heterocycles. The van der Waals surface area contributed by atoms with Gasteiger partial charge in [-0.25, -0.2) is 0 Å². The molecule has 1 nitrogen and oxygen atoms in total. The standard InChI is InChI=1S/C2H3O.Tl/c1-2-3;/h1H3;. The summed E-state index contributed by atoms with van der Waals surface area (Å²) in [4.78, 5) is 9.52. The number of rotatable bonds is 0. The first kappa shape index (κ1) is 4.59. The molecular formula is C2H3OTl. The normalized spacial score (nSPS) is 6.00. The molecule has 4 heavy (non-hydrogen) atoms. The first-order valence-electron chi connectivity index (χ1n) is 0.993. The van der Waals surface area contributed by atoms with Gasteiger partial charge in [-0.15, -0.1) is 0 Å². The molecular weight excluding hydrogens is 244 g/mol. The Morgan fingerprint density at radius 2 is 2.00 bits per heavy atom. The first-order chi connectivity index (χ1) is 1.73. The predicted molar refractivity (Wildman–Crippen MR) is 16.4 cm³/mol. The summed E-state index contributed by atoms with van der Waals surface area (Å²) in [6.45, 7) is 1.60. The third-order valence-electron chi connectivity index (χ3n) is 0. The molecule has 20 valence electrons. The molecule has 0 rings (SSSR count). The average molecular weight is 247 g/mol. The van der Waals surface area contributed by atoms with E-state index in [1.165, 1.54) is 0 Å². The van der Waals surface area contributed by atoms with E-state index in [-0.39, 0.29) is 0 Å². The fourth-order valence-corrected chi connectivity index (χ4v) is 0. The second kappa shape index (κ2) is 1.87. The Morgan fingerprint density at radius 1 is 2.00 bits per heavy atom. The summed E-state index contributed by atoms with van der Waals surface area (Å²) in [5.41, 5.74) is 0. The third-order valence-corrected chi connectivity index (χ3v) is 0. The van der Waals surface area contributed by atoms with Crippen LogP contribution in [-0.4, -0.2) is 29.1 Å². The van der Waals surface area contributed by atoms with E-state index < -0.39 is 0 Å². The van der Waals surface area contributed by atoms with Crippen molar-refractivity contribution in [2.45, 2.75) is 6.92 Å². The molecule has 0 unspecified atom stereocenters. The van der Waals surface area contributed by atoms with Crippen molar-refractivity contribution in [1.82, 2.24) is 0 Å². The molecule has 0 aromatic carbocycles. The summed E-state index contributed by atoms with van der Waals surface area (Å²) in [7, 11) is 0. The van der Waals surface area contributed by atoms with Crippen LogP contribution >= 0.6 is 0 Å². The monoisotopic (exact) mass is 248 g/mol. The van der Waals surface area contributed by atoms with Crippen LogP contribution in [0, 0.1) is 0 Å². The van der Waals surface area contributed by atoms with E-state index in [0.717, 1.165) is 0 Å². The zero-order valence-electron chi connectivity index (χ0n) is 2.49. The van der Waals surface area contributed by atoms with Gasteiger partial charge in [0.2, 0.25) is 0 Å². The fourth-order valence-electron chi connectivity index (χ4n) is 0. The maximum atomic E-state index is 9.52. The quantitative estimate of drug-likeness (QED) is 0.537. The molecule has 0 aliphatic carbocycles. The van der Waals surface area contributed by atoms with Crippen molar-refractivity contribution >= 4 is 29.1 Å². The molecule has 2 heteroatoms. The van der Waals surface area contributed by atoms with Crippen molar-refractivity contribution in [3.63, 3.8) is 0 Å². The van der Waals surface area contributed by atoms with Gasteiger partial charge in [0.1, 0.15) is 0 Å². The Hall–Kier alpha value is 0.592. The van der Waals surface area contributed by atoms with Gasteiger partial charge >= 0.3 is 40.8 Å². The van der Waals surface area contributed by atoms with E-state index in [2.05, 4.69) is 0 Å². The van der Waals surface area contributed by atoms with E-state index in [1.54, 1.807) is 6.92 Å². The summed E-state index contributed by atoms with van der Waals surface area (Å²) in [6.07, 6.45) is 0. The van der Waals surface area contributed by atoms with Gasteiger partial charge < -0.3 is 0 Å². The predicted octanol–water partition coefficient (Wildman–Crippen LogP) is -0.299. The van der Waals surface area contributed by atoms with E-state index in [4.69, 9.17) is 0 Å². The molecule has 0 saturated carbocycles. The van der Waals surface area contributed by atoms with Crippen LogP contribution in [0.1, 0.15) is 6.92 Å². The van der Waals surface area contributed by atoms with Crippen molar-refractivity contribution in [2.24, 2.45) is 0 Å². The van der Waals surface area contributed by atoms with Crippen LogP contribution < -0.4 is 0 Å². The van der Waals surface area contributed by atoms with Crippen molar-refractivity contribution < 1.29 is 4.79 Å². The summed E-state index contributed by atoms with van der Waals surface area (Å²) >= 11 is 0.546. The molecule has 0 aromatic rings. The number of hydrogen-bond acceptors (Lipinski definition) is 1. The Bertz CT molecular complexity index is 29.0. The Kier molecular flexibility index (Phi) is 2.15. The van der Waals surface area contributed by atoms with Gasteiger partial charge in [-0.1, -0.05) is 0 Å². The van der Waals surface area contributed by atoms with Crippen LogP contribution in [0.3, 0.4) is 0 Å². The van der Waals surface area contributed by atoms with Crippen LogP contribution in [-0.2, 0) is 4.79 Å². The molecule has 0 N–H and O–H groups in total. The number of hydrogen-bond donors (Lipinski definition) is 0. The molecule has 0 bridgehead atoms. The molecule has 0 aliphatic heterocycles. The molecule has 0 radical (unpaired) electrons. The van der Waals surface area contributed by atoms with Crippen molar-refractivity contribution in [3.05, 3.63) is 0 Å². The van der Waals surface area contributed by atoms with Gasteiger partial charge in [0, 0.05) is 0 Å². The Balaban J connectivity index is 2.80. The molecule has 0 aliphatic rings. The van der Waals surface area contributed by atoms with Gasteiger partial charge in [-0.3, -0.25) is 0 Å². The zero-order valence-corrected chi connectivity index (χ0v) is 6.97. The fraction of sp³-hybridized carbons (Fsp3) is 0.500. The van der Waals surface area contributed by atoms with Gasteiger partial charge in [0.05, 0.1) is 0 Å². The van der Waals surface area contributed by atoms with Gasteiger partial charge in [0.15, 0.2) is 0 Å².